The molecule has 0 saturated carbocycles. The van der Waals surface area contributed by atoms with Gasteiger partial charge in [0, 0.05) is 74.4 Å². The third-order valence-corrected chi connectivity index (χ3v) is 6.52. The van der Waals surface area contributed by atoms with E-state index in [1.165, 1.54) is 0 Å². The average molecular weight is 399 g/mol. The zero-order valence-corrected chi connectivity index (χ0v) is 17.0. The number of carbonyl (C=O) groups excluding carboxylic acids is 1. The molecule has 2 aliphatic rings. The van der Waals surface area contributed by atoms with E-state index >= 15 is 0 Å². The number of aromatic nitrogens is 1. The van der Waals surface area contributed by atoms with E-state index in [9.17, 15) is 14.7 Å². The Morgan fingerprint density at radius 2 is 1.93 bits per heavy atom. The van der Waals surface area contributed by atoms with E-state index in [0.717, 1.165) is 50.0 Å². The number of carboxylic acids is 1. The van der Waals surface area contributed by atoms with Crippen LogP contribution in [0, 0.1) is 5.92 Å². The number of hydrogen-bond donors (Lipinski definition) is 2. The Morgan fingerprint density at radius 3 is 2.69 bits per heavy atom. The second-order valence-electron chi connectivity index (χ2n) is 8.42. The number of amides is 1. The van der Waals surface area contributed by atoms with Gasteiger partial charge in [0.1, 0.15) is 0 Å². The van der Waals surface area contributed by atoms with Crippen molar-refractivity contribution in [3.05, 3.63) is 36.0 Å². The molecule has 2 atom stereocenters. The summed E-state index contributed by atoms with van der Waals surface area (Å²) in [5.41, 5.74) is 1.72. The monoisotopic (exact) mass is 398 g/mol. The van der Waals surface area contributed by atoms with Gasteiger partial charge in [0.2, 0.25) is 0 Å². The topological polar surface area (TPSA) is 79.9 Å². The van der Waals surface area contributed by atoms with Crippen LogP contribution in [0.4, 0.5) is 0 Å². The van der Waals surface area contributed by atoms with Gasteiger partial charge in [0.15, 0.2) is 0 Å². The summed E-state index contributed by atoms with van der Waals surface area (Å²) < 4.78 is 0. The number of piperazine rings is 1. The number of H-pyrrole nitrogens is 1. The van der Waals surface area contributed by atoms with E-state index in [1.807, 2.05) is 35.4 Å². The first-order chi connectivity index (χ1) is 14.0. The van der Waals surface area contributed by atoms with Gasteiger partial charge in [-0.1, -0.05) is 0 Å². The fourth-order valence-electron chi connectivity index (χ4n) is 4.80. The smallest absolute Gasteiger partial charge is 0.303 e. The summed E-state index contributed by atoms with van der Waals surface area (Å²) in [7, 11) is 2.14. The molecule has 2 fully saturated rings. The first-order valence-electron chi connectivity index (χ1n) is 10.5. The summed E-state index contributed by atoms with van der Waals surface area (Å²) in [6.45, 7) is 5.48. The maximum Gasteiger partial charge on any atom is 0.303 e. The lowest BCUT2D eigenvalue weighted by Crippen LogP contribution is -2.57. The van der Waals surface area contributed by atoms with Crippen LogP contribution in [0.25, 0.3) is 10.9 Å². The highest BCUT2D eigenvalue weighted by Gasteiger charge is 2.36. The SMILES string of the molecule is CN1CCN([C@@H]2CCN(C(=O)c3ccc4[nH]ccc4c3)C[C@@H]2CCC(=O)O)CC1. The Labute approximate surface area is 171 Å². The normalized spacial score (nSPS) is 24.1. The number of nitrogens with one attached hydrogen (secondary N) is 1. The molecule has 1 aromatic heterocycles. The van der Waals surface area contributed by atoms with E-state index in [-0.39, 0.29) is 18.2 Å². The predicted octanol–water partition coefficient (Wildman–Crippen LogP) is 2.11. The molecule has 2 N–H and O–H groups in total. The van der Waals surface area contributed by atoms with Gasteiger partial charge in [-0.15, -0.1) is 0 Å². The number of likely N-dealkylation sites (tertiary alicyclic amines) is 1. The summed E-state index contributed by atoms with van der Waals surface area (Å²) >= 11 is 0. The number of rotatable bonds is 5. The maximum absolute atomic E-state index is 13.2. The minimum Gasteiger partial charge on any atom is -0.481 e. The lowest BCUT2D eigenvalue weighted by Gasteiger charge is -2.46. The van der Waals surface area contributed by atoms with Crippen molar-refractivity contribution in [3.63, 3.8) is 0 Å². The van der Waals surface area contributed by atoms with Crippen LogP contribution in [0.15, 0.2) is 30.5 Å². The molecule has 2 aromatic rings. The number of likely N-dealkylation sites (N-methyl/N-ethyl adjacent to an activating group) is 1. The Balaban J connectivity index is 1.47. The number of aliphatic carboxylic acids is 1. The van der Waals surface area contributed by atoms with Crippen LogP contribution in [0.5, 0.6) is 0 Å². The molecule has 1 aromatic carbocycles. The molecule has 7 heteroatoms. The summed E-state index contributed by atoms with van der Waals surface area (Å²) in [6, 6.07) is 8.09. The molecule has 1 amide bonds. The van der Waals surface area contributed by atoms with E-state index in [1.54, 1.807) is 0 Å². The molecule has 0 radical (unpaired) electrons. The van der Waals surface area contributed by atoms with Gasteiger partial charge >= 0.3 is 5.97 Å². The van der Waals surface area contributed by atoms with E-state index < -0.39 is 5.97 Å². The number of carbonyl (C=O) groups is 2. The summed E-state index contributed by atoms with van der Waals surface area (Å²) in [6.07, 6.45) is 3.56. The number of piperidine rings is 1. The zero-order chi connectivity index (χ0) is 20.4. The van der Waals surface area contributed by atoms with Gasteiger partial charge in [-0.3, -0.25) is 14.5 Å². The van der Waals surface area contributed by atoms with Crippen molar-refractivity contribution >= 4 is 22.8 Å². The Morgan fingerprint density at radius 1 is 1.14 bits per heavy atom. The fourth-order valence-corrected chi connectivity index (χ4v) is 4.80. The number of aromatic amines is 1. The van der Waals surface area contributed by atoms with Gasteiger partial charge in [0.25, 0.3) is 5.91 Å². The molecule has 2 saturated heterocycles. The van der Waals surface area contributed by atoms with E-state index in [0.29, 0.717) is 24.6 Å². The van der Waals surface area contributed by atoms with Crippen molar-refractivity contribution in [2.24, 2.45) is 5.92 Å². The molecule has 29 heavy (non-hydrogen) atoms. The molecular weight excluding hydrogens is 368 g/mol. The van der Waals surface area contributed by atoms with E-state index in [4.69, 9.17) is 0 Å². The van der Waals surface area contributed by atoms with Crippen LogP contribution < -0.4 is 0 Å². The van der Waals surface area contributed by atoms with Crippen molar-refractivity contribution in [3.8, 4) is 0 Å². The number of carboxylic acid groups (broad SMARTS) is 1. The quantitative estimate of drug-likeness (QED) is 0.806. The first kappa shape index (κ1) is 19.9. The van der Waals surface area contributed by atoms with E-state index in [2.05, 4.69) is 21.8 Å². The maximum atomic E-state index is 13.2. The second kappa shape index (κ2) is 8.55. The minimum absolute atomic E-state index is 0.0465. The molecular formula is C22H30N4O3. The summed E-state index contributed by atoms with van der Waals surface area (Å²) in [5.74, 6) is -0.517. The molecule has 0 aliphatic carbocycles. The lowest BCUT2D eigenvalue weighted by atomic mass is 9.86. The van der Waals surface area contributed by atoms with Gasteiger partial charge < -0.3 is 19.9 Å². The minimum atomic E-state index is -0.761. The Kier molecular flexibility index (Phi) is 5.87. The molecule has 7 nitrogen and oxygen atoms in total. The fraction of sp³-hybridized carbons (Fsp3) is 0.545. The van der Waals surface area contributed by atoms with Crippen LogP contribution in [-0.4, -0.2) is 89.0 Å². The molecule has 0 unspecified atom stereocenters. The highest BCUT2D eigenvalue weighted by Crippen LogP contribution is 2.28. The van der Waals surface area contributed by atoms with Crippen LogP contribution in [0.2, 0.25) is 0 Å². The molecule has 2 aliphatic heterocycles. The van der Waals surface area contributed by atoms with Crippen molar-refractivity contribution in [1.82, 2.24) is 19.7 Å². The zero-order valence-electron chi connectivity index (χ0n) is 17.0. The number of fused-ring (bicyclic) bond motifs is 1. The Hall–Kier alpha value is -2.38. The van der Waals surface area contributed by atoms with Crippen LogP contribution in [0.3, 0.4) is 0 Å². The highest BCUT2D eigenvalue weighted by atomic mass is 16.4. The van der Waals surface area contributed by atoms with Crippen LogP contribution in [0.1, 0.15) is 29.6 Å². The van der Waals surface area contributed by atoms with Crippen molar-refractivity contribution in [1.29, 1.82) is 0 Å². The predicted molar refractivity (Wildman–Crippen MR) is 112 cm³/mol. The second-order valence-corrected chi connectivity index (χ2v) is 8.42. The molecule has 156 valence electrons. The molecule has 0 spiro atoms. The number of hydrogen-bond acceptors (Lipinski definition) is 4. The third-order valence-electron chi connectivity index (χ3n) is 6.52. The summed E-state index contributed by atoms with van der Waals surface area (Å²) in [5, 5.41) is 10.2. The van der Waals surface area contributed by atoms with Gasteiger partial charge in [-0.25, -0.2) is 0 Å². The standard InChI is InChI=1S/C22H30N4O3/c1-24-10-12-25(13-11-24)20-7-9-26(15-18(20)3-5-21(27)28)22(29)17-2-4-19-16(14-17)6-8-23-19/h2,4,6,8,14,18,20,23H,3,5,7,9-13,15H2,1H3,(H,27,28)/t18-,20+/m0/s1. The number of benzene rings is 1. The third kappa shape index (κ3) is 4.46. The van der Waals surface area contributed by atoms with Crippen molar-refractivity contribution < 1.29 is 14.7 Å². The lowest BCUT2D eigenvalue weighted by molar-refractivity contribution is -0.137. The average Bonchev–Trinajstić information content (AvgIpc) is 3.20. The highest BCUT2D eigenvalue weighted by molar-refractivity contribution is 5.98. The molecule has 3 heterocycles. The first-order valence-corrected chi connectivity index (χ1v) is 10.5. The Bertz CT molecular complexity index is 872. The number of nitrogens with zero attached hydrogens (tertiary/aromatic N) is 3. The van der Waals surface area contributed by atoms with Crippen molar-refractivity contribution in [2.45, 2.75) is 25.3 Å². The van der Waals surface area contributed by atoms with Gasteiger partial charge in [-0.2, -0.15) is 0 Å². The van der Waals surface area contributed by atoms with Gasteiger partial charge in [-0.05, 0) is 50.1 Å². The largest absolute Gasteiger partial charge is 0.481 e. The van der Waals surface area contributed by atoms with Crippen LogP contribution in [-0.2, 0) is 4.79 Å². The van der Waals surface area contributed by atoms with Crippen molar-refractivity contribution in [2.75, 3.05) is 46.3 Å². The summed E-state index contributed by atoms with van der Waals surface area (Å²) in [4.78, 5) is 34.3. The molecule has 0 bridgehead atoms. The van der Waals surface area contributed by atoms with Crippen LogP contribution >= 0.6 is 0 Å². The molecule has 4 rings (SSSR count). The van der Waals surface area contributed by atoms with Gasteiger partial charge in [0.05, 0.1) is 0 Å².